The molecule has 0 saturated carbocycles. The molecule has 0 spiro atoms. The molecule has 0 amide bonds. The van der Waals surface area contributed by atoms with Crippen molar-refractivity contribution in [1.29, 1.82) is 0 Å². The van der Waals surface area contributed by atoms with Gasteiger partial charge in [-0.1, -0.05) is 30.3 Å². The number of sulfonamides is 1. The Bertz CT molecular complexity index is 876. The van der Waals surface area contributed by atoms with E-state index >= 15 is 0 Å². The minimum atomic E-state index is -4.23. The van der Waals surface area contributed by atoms with E-state index in [-0.39, 0.29) is 13.1 Å². The van der Waals surface area contributed by atoms with Crippen LogP contribution >= 0.6 is 0 Å². The van der Waals surface area contributed by atoms with Crippen LogP contribution in [-0.2, 0) is 16.6 Å². The maximum atomic E-state index is 13.9. The Hall–Kier alpha value is -1.90. The summed E-state index contributed by atoms with van der Waals surface area (Å²) in [5.74, 6) is -4.85. The van der Waals surface area contributed by atoms with Crippen LogP contribution in [0.4, 0.5) is 13.2 Å². The zero-order valence-electron chi connectivity index (χ0n) is 14.0. The normalized spacial score (nSPS) is 17.2. The average molecular weight is 384 g/mol. The molecule has 2 aromatic rings. The molecule has 1 fully saturated rings. The lowest BCUT2D eigenvalue weighted by molar-refractivity contribution is 0.278. The third-order valence-electron chi connectivity index (χ3n) is 4.41. The molecular formula is C18H19F3N2O2S. The van der Waals surface area contributed by atoms with Gasteiger partial charge in [0, 0.05) is 26.2 Å². The second-order valence-electron chi connectivity index (χ2n) is 6.19. The summed E-state index contributed by atoms with van der Waals surface area (Å²) < 4.78 is 66.9. The topological polar surface area (TPSA) is 40.6 Å². The van der Waals surface area contributed by atoms with E-state index in [1.807, 2.05) is 30.3 Å². The Balaban J connectivity index is 1.75. The standard InChI is InChI=1S/C18H19F3N2O2S/c19-15-7-8-16(18(21)17(15)20)26(24,25)23-10-4-9-22(11-12-23)13-14-5-2-1-3-6-14/h1-3,5-8H,4,9-13H2. The summed E-state index contributed by atoms with van der Waals surface area (Å²) in [5.41, 5.74) is 1.12. The van der Waals surface area contributed by atoms with Gasteiger partial charge in [-0.15, -0.1) is 0 Å². The van der Waals surface area contributed by atoms with Crippen LogP contribution in [0.3, 0.4) is 0 Å². The highest BCUT2D eigenvalue weighted by molar-refractivity contribution is 7.89. The number of benzene rings is 2. The molecule has 0 radical (unpaired) electrons. The van der Waals surface area contributed by atoms with Gasteiger partial charge in [0.25, 0.3) is 0 Å². The van der Waals surface area contributed by atoms with Crippen molar-refractivity contribution in [2.75, 3.05) is 26.2 Å². The van der Waals surface area contributed by atoms with E-state index in [2.05, 4.69) is 4.90 Å². The molecule has 3 rings (SSSR count). The quantitative estimate of drug-likeness (QED) is 0.761. The van der Waals surface area contributed by atoms with Crippen LogP contribution in [0.5, 0.6) is 0 Å². The van der Waals surface area contributed by atoms with E-state index in [1.54, 1.807) is 0 Å². The fraction of sp³-hybridized carbons (Fsp3) is 0.333. The number of nitrogens with zero attached hydrogens (tertiary/aromatic N) is 2. The zero-order valence-corrected chi connectivity index (χ0v) is 14.9. The molecule has 0 bridgehead atoms. The van der Waals surface area contributed by atoms with Crippen LogP contribution in [0.2, 0.25) is 0 Å². The Labute approximate surface area is 150 Å². The molecule has 8 heteroatoms. The van der Waals surface area contributed by atoms with Crippen LogP contribution in [0.15, 0.2) is 47.4 Å². The third kappa shape index (κ3) is 3.92. The molecule has 2 aromatic carbocycles. The van der Waals surface area contributed by atoms with Gasteiger partial charge in [-0.3, -0.25) is 4.90 Å². The van der Waals surface area contributed by atoms with Crippen molar-refractivity contribution < 1.29 is 21.6 Å². The molecule has 0 atom stereocenters. The summed E-state index contributed by atoms with van der Waals surface area (Å²) in [5, 5.41) is 0. The minimum absolute atomic E-state index is 0.160. The van der Waals surface area contributed by atoms with E-state index < -0.39 is 32.4 Å². The monoisotopic (exact) mass is 384 g/mol. The maximum Gasteiger partial charge on any atom is 0.246 e. The van der Waals surface area contributed by atoms with Crippen LogP contribution in [0.1, 0.15) is 12.0 Å². The number of halogens is 3. The van der Waals surface area contributed by atoms with E-state index in [9.17, 15) is 21.6 Å². The van der Waals surface area contributed by atoms with Crippen molar-refractivity contribution in [3.8, 4) is 0 Å². The summed E-state index contributed by atoms with van der Waals surface area (Å²) in [4.78, 5) is 1.29. The van der Waals surface area contributed by atoms with Gasteiger partial charge in [-0.25, -0.2) is 21.6 Å². The lowest BCUT2D eigenvalue weighted by Gasteiger charge is -2.22. The van der Waals surface area contributed by atoms with E-state index in [4.69, 9.17) is 0 Å². The number of hydrogen-bond acceptors (Lipinski definition) is 3. The van der Waals surface area contributed by atoms with Gasteiger partial charge in [0.2, 0.25) is 10.0 Å². The predicted octanol–water partition coefficient (Wildman–Crippen LogP) is 3.00. The third-order valence-corrected chi connectivity index (χ3v) is 6.33. The second-order valence-corrected chi connectivity index (χ2v) is 8.10. The molecule has 26 heavy (non-hydrogen) atoms. The largest absolute Gasteiger partial charge is 0.298 e. The van der Waals surface area contributed by atoms with Gasteiger partial charge in [0.15, 0.2) is 17.5 Å². The highest BCUT2D eigenvalue weighted by Gasteiger charge is 2.31. The van der Waals surface area contributed by atoms with Crippen LogP contribution in [0.25, 0.3) is 0 Å². The first-order valence-electron chi connectivity index (χ1n) is 8.29. The SMILES string of the molecule is O=S(=O)(c1ccc(F)c(F)c1F)N1CCCN(Cc2ccccc2)CC1. The van der Waals surface area contributed by atoms with E-state index in [0.717, 1.165) is 15.9 Å². The molecule has 1 aliphatic heterocycles. The fourth-order valence-corrected chi connectivity index (χ4v) is 4.56. The van der Waals surface area contributed by atoms with Crippen LogP contribution in [-0.4, -0.2) is 43.8 Å². The van der Waals surface area contributed by atoms with Gasteiger partial charge in [-0.2, -0.15) is 4.31 Å². The summed E-state index contributed by atoms with van der Waals surface area (Å²) in [6, 6.07) is 11.2. The lowest BCUT2D eigenvalue weighted by Crippen LogP contribution is -2.35. The maximum absolute atomic E-state index is 13.9. The molecule has 1 heterocycles. The summed E-state index contributed by atoms with van der Waals surface area (Å²) >= 11 is 0. The Morgan fingerprint density at radius 1 is 0.846 bits per heavy atom. The number of rotatable bonds is 4. The molecular weight excluding hydrogens is 365 g/mol. The van der Waals surface area contributed by atoms with Crippen molar-refractivity contribution in [2.24, 2.45) is 0 Å². The fourth-order valence-electron chi connectivity index (χ4n) is 3.03. The Kier molecular flexibility index (Phi) is 5.64. The van der Waals surface area contributed by atoms with Crippen LogP contribution in [0, 0.1) is 17.5 Å². The Morgan fingerprint density at radius 3 is 2.31 bits per heavy atom. The van der Waals surface area contributed by atoms with Crippen molar-refractivity contribution >= 4 is 10.0 Å². The van der Waals surface area contributed by atoms with Gasteiger partial charge >= 0.3 is 0 Å². The van der Waals surface area contributed by atoms with Gasteiger partial charge in [0.1, 0.15) is 4.90 Å². The van der Waals surface area contributed by atoms with Crippen molar-refractivity contribution in [3.63, 3.8) is 0 Å². The summed E-state index contributed by atoms with van der Waals surface area (Å²) in [6.07, 6.45) is 0.567. The number of hydrogen-bond donors (Lipinski definition) is 0. The van der Waals surface area contributed by atoms with Gasteiger partial charge in [0.05, 0.1) is 0 Å². The smallest absolute Gasteiger partial charge is 0.246 e. The minimum Gasteiger partial charge on any atom is -0.298 e. The predicted molar refractivity (Wildman–Crippen MR) is 91.4 cm³/mol. The first kappa shape index (κ1) is 18.9. The van der Waals surface area contributed by atoms with Gasteiger partial charge in [-0.05, 0) is 30.7 Å². The van der Waals surface area contributed by atoms with E-state index in [1.165, 1.54) is 0 Å². The first-order valence-corrected chi connectivity index (χ1v) is 9.73. The molecule has 0 aromatic heterocycles. The molecule has 0 unspecified atom stereocenters. The molecule has 4 nitrogen and oxygen atoms in total. The second kappa shape index (κ2) is 7.77. The summed E-state index contributed by atoms with van der Waals surface area (Å²) in [7, 11) is -4.23. The highest BCUT2D eigenvalue weighted by atomic mass is 32.2. The van der Waals surface area contributed by atoms with E-state index in [0.29, 0.717) is 32.1 Å². The van der Waals surface area contributed by atoms with Crippen LogP contribution < -0.4 is 0 Å². The molecule has 0 aliphatic carbocycles. The highest BCUT2D eigenvalue weighted by Crippen LogP contribution is 2.24. The zero-order chi connectivity index (χ0) is 18.7. The molecule has 140 valence electrons. The summed E-state index contributed by atoms with van der Waals surface area (Å²) in [6.45, 7) is 2.22. The first-order chi connectivity index (χ1) is 12.4. The van der Waals surface area contributed by atoms with Crippen molar-refractivity contribution in [3.05, 3.63) is 65.5 Å². The molecule has 1 saturated heterocycles. The van der Waals surface area contributed by atoms with Gasteiger partial charge < -0.3 is 0 Å². The molecule has 0 N–H and O–H groups in total. The van der Waals surface area contributed by atoms with Crippen molar-refractivity contribution in [2.45, 2.75) is 17.9 Å². The average Bonchev–Trinajstić information content (AvgIpc) is 2.86. The lowest BCUT2D eigenvalue weighted by atomic mass is 10.2. The Morgan fingerprint density at radius 2 is 1.58 bits per heavy atom. The molecule has 1 aliphatic rings. The van der Waals surface area contributed by atoms with Crippen molar-refractivity contribution in [1.82, 2.24) is 9.21 Å².